The van der Waals surface area contributed by atoms with Gasteiger partial charge in [-0.25, -0.2) is 24.4 Å². The molecule has 2 aromatic heterocycles. The van der Waals surface area contributed by atoms with E-state index in [-0.39, 0.29) is 13.2 Å². The van der Waals surface area contributed by atoms with E-state index in [1.807, 2.05) is 6.07 Å². The smallest absolute Gasteiger partial charge is 0.323 e. The number of carbonyl (C=O) groups is 1. The van der Waals surface area contributed by atoms with Gasteiger partial charge in [-0.3, -0.25) is 9.36 Å². The minimum atomic E-state index is -3.41. The van der Waals surface area contributed by atoms with Gasteiger partial charge >= 0.3 is 12.6 Å². The number of imidazole rings is 1. The number of fused-ring (bicyclic) bond motifs is 1. The molecule has 1 aliphatic heterocycles. The zero-order valence-electron chi connectivity index (χ0n) is 22.2. The van der Waals surface area contributed by atoms with Crippen LogP contribution in [-0.4, -0.2) is 74.8 Å². The normalized spacial score (nSPS) is 25.3. The van der Waals surface area contributed by atoms with E-state index in [0.29, 0.717) is 28.6 Å². The van der Waals surface area contributed by atoms with Gasteiger partial charge in [0.1, 0.15) is 29.8 Å². The number of hydrogen-bond acceptors (Lipinski definition) is 11. The zero-order chi connectivity index (χ0) is 28.4. The monoisotopic (exact) mass is 582 g/mol. The molecule has 1 aromatic carbocycles. The van der Waals surface area contributed by atoms with Crippen LogP contribution >= 0.6 is 6.64 Å². The van der Waals surface area contributed by atoms with E-state index >= 15 is 4.39 Å². The maximum absolute atomic E-state index is 16.0. The number of nitrogens with zero attached hydrogens (tertiary/aromatic N) is 4. The van der Waals surface area contributed by atoms with Gasteiger partial charge in [0.2, 0.25) is 0 Å². The van der Waals surface area contributed by atoms with Crippen LogP contribution in [0.3, 0.4) is 0 Å². The quantitative estimate of drug-likeness (QED) is 0.226. The first-order chi connectivity index (χ1) is 18.5. The Morgan fingerprint density at radius 3 is 2.74 bits per heavy atom. The molecule has 0 saturated carbocycles. The van der Waals surface area contributed by atoms with Gasteiger partial charge in [0.05, 0.1) is 19.5 Å². The number of halogens is 1. The molecular weight excluding hydrogens is 550 g/mol. The van der Waals surface area contributed by atoms with Crippen LogP contribution in [0.25, 0.3) is 11.2 Å². The number of esters is 1. The Morgan fingerprint density at radius 2 is 2.08 bits per heavy atom. The van der Waals surface area contributed by atoms with Gasteiger partial charge in [0.15, 0.2) is 28.9 Å². The number of rotatable bonds is 11. The predicted octanol–water partition coefficient (Wildman–Crippen LogP) is 3.02. The van der Waals surface area contributed by atoms with Gasteiger partial charge in [0.25, 0.3) is 0 Å². The Labute approximate surface area is 230 Å². The lowest BCUT2D eigenvalue weighted by atomic mass is 9.98. The molecule has 1 aliphatic rings. The first-order valence-corrected chi connectivity index (χ1v) is 15.0. The predicted molar refractivity (Wildman–Crippen MR) is 146 cm³/mol. The summed E-state index contributed by atoms with van der Waals surface area (Å²) in [4.78, 5) is 25.3. The summed E-state index contributed by atoms with van der Waals surface area (Å²) < 4.78 is 40.4. The molecule has 0 unspecified atom stereocenters. The molecule has 3 aromatic rings. The molecule has 0 bridgehead atoms. The van der Waals surface area contributed by atoms with E-state index < -0.39 is 42.8 Å². The summed E-state index contributed by atoms with van der Waals surface area (Å²) in [6, 6.07) is 7.84. The molecule has 1 fully saturated rings. The van der Waals surface area contributed by atoms with Crippen molar-refractivity contribution in [3.05, 3.63) is 42.5 Å². The number of alkyl halides is 1. The van der Waals surface area contributed by atoms with Crippen molar-refractivity contribution in [1.82, 2.24) is 24.6 Å². The standard InChI is InChI=1S/C24H32FN6O6PS/c1-6-34-22(33)14(2)30-38(39,37-16-10-8-7-9-11-16)35-12-17-19(32)24(4,25)23(36-17)31-13-27-18-20(26-5)28-15(3)29-21(18)31/h7-11,13-14,17,19,23,32H,6,12H2,1-5H3,(H,30,39)(H,26,28,29)/t14-,17-,19-,23-,24-,38-/m1/s1. The number of hydrogen-bond donors (Lipinski definition) is 3. The van der Waals surface area contributed by atoms with E-state index in [1.54, 1.807) is 52.1 Å². The maximum atomic E-state index is 16.0. The molecule has 0 aliphatic carbocycles. The first-order valence-electron chi connectivity index (χ1n) is 12.3. The number of aryl methyl sites for hydroxylation is 1. The van der Waals surface area contributed by atoms with Crippen LogP contribution in [0, 0.1) is 6.92 Å². The fourth-order valence-electron chi connectivity index (χ4n) is 4.16. The van der Waals surface area contributed by atoms with E-state index in [9.17, 15) is 9.90 Å². The molecule has 12 nitrogen and oxygen atoms in total. The molecule has 3 heterocycles. The second-order valence-corrected chi connectivity index (χ2v) is 12.3. The van der Waals surface area contributed by atoms with Crippen LogP contribution in [0.2, 0.25) is 0 Å². The summed E-state index contributed by atoms with van der Waals surface area (Å²) in [5, 5.41) is 16.8. The molecule has 0 radical (unpaired) electrons. The van der Waals surface area contributed by atoms with Gasteiger partial charge in [-0.2, -0.15) is 0 Å². The number of benzene rings is 1. The summed E-state index contributed by atoms with van der Waals surface area (Å²) in [6.45, 7) is 2.65. The topological polar surface area (TPSA) is 142 Å². The van der Waals surface area contributed by atoms with Gasteiger partial charge in [0, 0.05) is 7.05 Å². The maximum Gasteiger partial charge on any atom is 0.323 e. The van der Waals surface area contributed by atoms with Gasteiger partial charge < -0.3 is 28.9 Å². The van der Waals surface area contributed by atoms with Crippen molar-refractivity contribution < 1.29 is 32.8 Å². The molecule has 212 valence electrons. The number of anilines is 1. The molecule has 0 amide bonds. The molecule has 15 heteroatoms. The summed E-state index contributed by atoms with van der Waals surface area (Å²) >= 11 is 5.69. The molecule has 0 spiro atoms. The van der Waals surface area contributed by atoms with Crippen LogP contribution < -0.4 is 14.9 Å². The number of ether oxygens (including phenoxy) is 2. The number of carbonyl (C=O) groups excluding carboxylic acids is 1. The van der Waals surface area contributed by atoms with Crippen molar-refractivity contribution >= 4 is 41.4 Å². The second-order valence-electron chi connectivity index (χ2n) is 9.12. The summed E-state index contributed by atoms with van der Waals surface area (Å²) in [6.07, 6.45) is -2.60. The largest absolute Gasteiger partial charge is 0.465 e. The lowest BCUT2D eigenvalue weighted by molar-refractivity contribution is -0.144. The molecule has 1 saturated heterocycles. The summed E-state index contributed by atoms with van der Waals surface area (Å²) in [5.41, 5.74) is -1.47. The third-order valence-corrected chi connectivity index (χ3v) is 8.61. The van der Waals surface area contributed by atoms with E-state index in [0.717, 1.165) is 0 Å². The number of nitrogens with one attached hydrogen (secondary N) is 2. The van der Waals surface area contributed by atoms with Crippen LogP contribution in [0.5, 0.6) is 5.75 Å². The second kappa shape index (κ2) is 11.8. The number of aliphatic hydroxyl groups is 1. The fraction of sp³-hybridized carbons (Fsp3) is 0.500. The third kappa shape index (κ3) is 6.21. The average Bonchev–Trinajstić information content (AvgIpc) is 3.40. The van der Waals surface area contributed by atoms with Gasteiger partial charge in [-0.1, -0.05) is 18.2 Å². The lowest BCUT2D eigenvalue weighted by Crippen LogP contribution is -2.41. The van der Waals surface area contributed by atoms with E-state index in [4.69, 9.17) is 30.3 Å². The highest BCUT2D eigenvalue weighted by Gasteiger charge is 2.55. The number of para-hydroxylation sites is 1. The Balaban J connectivity index is 1.57. The van der Waals surface area contributed by atoms with Crippen molar-refractivity contribution in [1.29, 1.82) is 0 Å². The highest BCUT2D eigenvalue weighted by atomic mass is 32.5. The van der Waals surface area contributed by atoms with Crippen LogP contribution in [-0.2, 0) is 30.6 Å². The minimum absolute atomic E-state index is 0.190. The van der Waals surface area contributed by atoms with Crippen LogP contribution in [0.1, 0.15) is 32.8 Å². The van der Waals surface area contributed by atoms with Crippen molar-refractivity contribution in [2.75, 3.05) is 25.6 Å². The zero-order valence-corrected chi connectivity index (χ0v) is 23.9. The first kappa shape index (κ1) is 29.2. The number of aliphatic hydroxyl groups excluding tert-OH is 1. The highest BCUT2D eigenvalue weighted by Crippen LogP contribution is 2.48. The van der Waals surface area contributed by atoms with Crippen LogP contribution in [0.15, 0.2) is 36.7 Å². The Hall–Kier alpha value is -2.74. The van der Waals surface area contributed by atoms with Crippen molar-refractivity contribution in [2.45, 2.75) is 57.8 Å². The average molecular weight is 583 g/mol. The van der Waals surface area contributed by atoms with Crippen LogP contribution in [0.4, 0.5) is 10.2 Å². The molecule has 4 rings (SSSR count). The molecule has 39 heavy (non-hydrogen) atoms. The van der Waals surface area contributed by atoms with Crippen molar-refractivity contribution in [2.24, 2.45) is 0 Å². The number of aromatic nitrogens is 4. The lowest BCUT2D eigenvalue weighted by Gasteiger charge is -2.28. The van der Waals surface area contributed by atoms with Gasteiger partial charge in [-0.15, -0.1) is 0 Å². The SMILES string of the molecule is CCOC(=O)[C@@H](C)N[P@@](=S)(OC[C@H]1O[C@@H](n2cnc3c(NC)nc(C)nc32)[C@](C)(F)[C@@H]1O)Oc1ccccc1. The van der Waals surface area contributed by atoms with E-state index in [1.165, 1.54) is 17.8 Å². The van der Waals surface area contributed by atoms with Crippen molar-refractivity contribution in [3.8, 4) is 5.75 Å². The molecular formula is C24H32FN6O6PS. The third-order valence-electron chi connectivity index (χ3n) is 6.11. The van der Waals surface area contributed by atoms with Gasteiger partial charge in [-0.05, 0) is 51.6 Å². The minimum Gasteiger partial charge on any atom is -0.465 e. The molecule has 3 N–H and O–H groups in total. The molecule has 6 atom stereocenters. The summed E-state index contributed by atoms with van der Waals surface area (Å²) in [7, 11) is 1.70. The Morgan fingerprint density at radius 1 is 1.36 bits per heavy atom. The Kier molecular flexibility index (Phi) is 8.84. The van der Waals surface area contributed by atoms with E-state index in [2.05, 4.69) is 25.4 Å². The summed E-state index contributed by atoms with van der Waals surface area (Å²) in [5.74, 6) is 0.806. The fourth-order valence-corrected chi connectivity index (χ4v) is 6.58. The Bertz CT molecular complexity index is 1360. The highest BCUT2D eigenvalue weighted by molar-refractivity contribution is 8.09. The van der Waals surface area contributed by atoms with Crippen molar-refractivity contribution in [3.63, 3.8) is 0 Å².